The van der Waals surface area contributed by atoms with Gasteiger partial charge in [0, 0.05) is 50.9 Å². The van der Waals surface area contributed by atoms with Crippen LogP contribution in [-0.2, 0) is 10.3 Å². The molecule has 7 nitrogen and oxygen atoms in total. The number of urea groups is 1. The minimum atomic E-state index is -1.06. The third-order valence-corrected chi connectivity index (χ3v) is 7.60. The molecule has 1 saturated carbocycles. The van der Waals surface area contributed by atoms with Gasteiger partial charge in [0.25, 0.3) is 0 Å². The standard InChI is InChI=1S/C29H49N3O4/c1-22(2)18-25(19-30-3)31-28(33)32-16-9-10-24(20-32)29(34,15-7-8-17-35-4)26-11-5-6-12-27(26)36-21-23-13-14-23/h5-6,11-12,22-25,30,34H,7-10,13-21H2,1-4H3,(H,31,33). The van der Waals surface area contributed by atoms with E-state index in [0.29, 0.717) is 38.0 Å². The van der Waals surface area contributed by atoms with Crippen LogP contribution >= 0.6 is 0 Å². The van der Waals surface area contributed by atoms with Crippen molar-refractivity contribution in [1.82, 2.24) is 15.5 Å². The first-order valence-electron chi connectivity index (χ1n) is 14.0. The lowest BCUT2D eigenvalue weighted by molar-refractivity contribution is -0.0580. The topological polar surface area (TPSA) is 83.1 Å². The molecule has 7 heteroatoms. The van der Waals surface area contributed by atoms with Crippen molar-refractivity contribution < 1.29 is 19.4 Å². The molecule has 0 aromatic heterocycles. The zero-order chi connectivity index (χ0) is 26.0. The van der Waals surface area contributed by atoms with E-state index in [-0.39, 0.29) is 18.0 Å². The number of benzene rings is 1. The van der Waals surface area contributed by atoms with E-state index in [0.717, 1.165) is 56.5 Å². The number of nitrogens with one attached hydrogen (secondary N) is 2. The van der Waals surface area contributed by atoms with Crippen LogP contribution in [0.2, 0.25) is 0 Å². The summed E-state index contributed by atoms with van der Waals surface area (Å²) in [4.78, 5) is 15.2. The second kappa shape index (κ2) is 14.2. The molecule has 2 aliphatic rings. The molecule has 3 rings (SSSR count). The van der Waals surface area contributed by atoms with Gasteiger partial charge in [-0.25, -0.2) is 4.79 Å². The monoisotopic (exact) mass is 503 g/mol. The summed E-state index contributed by atoms with van der Waals surface area (Å²) in [5.41, 5.74) is -0.196. The van der Waals surface area contributed by atoms with Gasteiger partial charge in [-0.05, 0) is 76.3 Å². The third-order valence-electron chi connectivity index (χ3n) is 7.60. The maximum Gasteiger partial charge on any atom is 0.317 e. The Morgan fingerprint density at radius 2 is 2.00 bits per heavy atom. The molecule has 3 atom stereocenters. The van der Waals surface area contributed by atoms with Crippen LogP contribution < -0.4 is 15.4 Å². The average molecular weight is 504 g/mol. The van der Waals surface area contributed by atoms with Gasteiger partial charge in [-0.1, -0.05) is 32.0 Å². The molecule has 2 amide bonds. The second-order valence-electron chi connectivity index (χ2n) is 11.2. The smallest absolute Gasteiger partial charge is 0.317 e. The number of methoxy groups -OCH3 is 1. The van der Waals surface area contributed by atoms with Crippen LogP contribution in [0.3, 0.4) is 0 Å². The number of likely N-dealkylation sites (N-methyl/N-ethyl adjacent to an activating group) is 1. The Bertz CT molecular complexity index is 800. The molecule has 36 heavy (non-hydrogen) atoms. The molecule has 1 saturated heterocycles. The second-order valence-corrected chi connectivity index (χ2v) is 11.2. The van der Waals surface area contributed by atoms with E-state index < -0.39 is 5.60 Å². The normalized spacial score (nSPS) is 20.7. The van der Waals surface area contributed by atoms with Gasteiger partial charge in [0.2, 0.25) is 0 Å². The Kier molecular flexibility index (Phi) is 11.3. The minimum Gasteiger partial charge on any atom is -0.493 e. The van der Waals surface area contributed by atoms with Crippen molar-refractivity contribution >= 4 is 6.03 Å². The van der Waals surface area contributed by atoms with Crippen LogP contribution in [-0.4, -0.2) is 69.1 Å². The predicted molar refractivity (Wildman–Crippen MR) is 144 cm³/mol. The van der Waals surface area contributed by atoms with Gasteiger partial charge >= 0.3 is 6.03 Å². The van der Waals surface area contributed by atoms with Crippen molar-refractivity contribution in [1.29, 1.82) is 0 Å². The Morgan fingerprint density at radius 1 is 1.22 bits per heavy atom. The van der Waals surface area contributed by atoms with Crippen molar-refractivity contribution in [2.75, 3.05) is 47.0 Å². The van der Waals surface area contributed by atoms with Crippen molar-refractivity contribution in [3.05, 3.63) is 29.8 Å². The molecule has 1 heterocycles. The van der Waals surface area contributed by atoms with E-state index in [1.165, 1.54) is 12.8 Å². The average Bonchev–Trinajstić information content (AvgIpc) is 3.70. The van der Waals surface area contributed by atoms with E-state index in [2.05, 4.69) is 24.5 Å². The first kappa shape index (κ1) is 28.7. The fourth-order valence-corrected chi connectivity index (χ4v) is 5.47. The van der Waals surface area contributed by atoms with Gasteiger partial charge in [0.15, 0.2) is 0 Å². The maximum atomic E-state index is 13.3. The fraction of sp³-hybridized carbons (Fsp3) is 0.759. The molecule has 3 unspecified atom stereocenters. The molecule has 1 aliphatic carbocycles. The summed E-state index contributed by atoms with van der Waals surface area (Å²) in [6.07, 6.45) is 7.50. The highest BCUT2D eigenvalue weighted by Crippen LogP contribution is 2.44. The van der Waals surface area contributed by atoms with Crippen molar-refractivity contribution in [3.8, 4) is 5.75 Å². The first-order chi connectivity index (χ1) is 17.4. The molecule has 1 aliphatic heterocycles. The highest BCUT2D eigenvalue weighted by atomic mass is 16.5. The van der Waals surface area contributed by atoms with Crippen molar-refractivity contribution in [3.63, 3.8) is 0 Å². The lowest BCUT2D eigenvalue weighted by Gasteiger charge is -2.43. The fourth-order valence-electron chi connectivity index (χ4n) is 5.47. The summed E-state index contributed by atoms with van der Waals surface area (Å²) in [7, 11) is 3.63. The maximum absolute atomic E-state index is 13.3. The number of hydrogen-bond acceptors (Lipinski definition) is 5. The number of likely N-dealkylation sites (tertiary alicyclic amines) is 1. The molecular weight excluding hydrogens is 454 g/mol. The summed E-state index contributed by atoms with van der Waals surface area (Å²) in [6, 6.07) is 8.03. The van der Waals surface area contributed by atoms with E-state index in [1.807, 2.05) is 36.2 Å². The molecule has 1 aromatic rings. The minimum absolute atomic E-state index is 0.0272. The van der Waals surface area contributed by atoms with Gasteiger partial charge in [-0.3, -0.25) is 0 Å². The number of ether oxygens (including phenoxy) is 2. The Balaban J connectivity index is 1.77. The summed E-state index contributed by atoms with van der Waals surface area (Å²) < 4.78 is 11.5. The number of unbranched alkanes of at least 4 members (excludes halogenated alkanes) is 1. The Hall–Kier alpha value is -1.83. The SMILES string of the molecule is CNCC(CC(C)C)NC(=O)N1CCCC(C(O)(CCCCOC)c2ccccc2OCC2CC2)C1. The number of rotatable bonds is 15. The number of carbonyl (C=O) groups is 1. The molecule has 204 valence electrons. The zero-order valence-electron chi connectivity index (χ0n) is 22.9. The van der Waals surface area contributed by atoms with E-state index in [4.69, 9.17) is 9.47 Å². The van der Waals surface area contributed by atoms with Crippen LogP contribution in [0.25, 0.3) is 0 Å². The molecule has 0 spiro atoms. The summed E-state index contributed by atoms with van der Waals surface area (Å²) >= 11 is 0. The number of amides is 2. The molecule has 3 N–H and O–H groups in total. The number of aliphatic hydroxyl groups is 1. The molecular formula is C29H49N3O4. The molecule has 0 bridgehead atoms. The van der Waals surface area contributed by atoms with Crippen LogP contribution in [0.5, 0.6) is 5.75 Å². The predicted octanol–water partition coefficient (Wildman–Crippen LogP) is 4.54. The largest absolute Gasteiger partial charge is 0.493 e. The van der Waals surface area contributed by atoms with Gasteiger partial charge in [0.1, 0.15) is 5.75 Å². The lowest BCUT2D eigenvalue weighted by atomic mass is 9.73. The van der Waals surface area contributed by atoms with Gasteiger partial charge in [-0.15, -0.1) is 0 Å². The van der Waals surface area contributed by atoms with E-state index in [9.17, 15) is 9.90 Å². The number of nitrogens with zero attached hydrogens (tertiary/aromatic N) is 1. The highest BCUT2D eigenvalue weighted by Gasteiger charge is 2.43. The lowest BCUT2D eigenvalue weighted by Crippen LogP contribution is -2.54. The van der Waals surface area contributed by atoms with E-state index >= 15 is 0 Å². The zero-order valence-corrected chi connectivity index (χ0v) is 22.9. The van der Waals surface area contributed by atoms with Gasteiger partial charge < -0.3 is 30.1 Å². The molecule has 2 fully saturated rings. The Labute approximate surface area is 218 Å². The summed E-state index contributed by atoms with van der Waals surface area (Å²) in [5.74, 6) is 1.87. The number of carbonyl (C=O) groups excluding carboxylic acids is 1. The Morgan fingerprint density at radius 3 is 2.69 bits per heavy atom. The van der Waals surface area contributed by atoms with Crippen molar-refractivity contribution in [2.24, 2.45) is 17.8 Å². The summed E-state index contributed by atoms with van der Waals surface area (Å²) in [6.45, 7) is 7.75. The number of para-hydroxylation sites is 1. The third kappa shape index (κ3) is 8.35. The van der Waals surface area contributed by atoms with Crippen LogP contribution in [0.15, 0.2) is 24.3 Å². The van der Waals surface area contributed by atoms with Gasteiger partial charge in [0.05, 0.1) is 12.2 Å². The quantitative estimate of drug-likeness (QED) is 0.306. The van der Waals surface area contributed by atoms with E-state index in [1.54, 1.807) is 7.11 Å². The van der Waals surface area contributed by atoms with Crippen LogP contribution in [0.4, 0.5) is 4.79 Å². The molecule has 1 aromatic carbocycles. The van der Waals surface area contributed by atoms with Gasteiger partial charge in [-0.2, -0.15) is 0 Å². The van der Waals surface area contributed by atoms with Crippen LogP contribution in [0.1, 0.15) is 70.8 Å². The van der Waals surface area contributed by atoms with Crippen LogP contribution in [0, 0.1) is 17.8 Å². The van der Waals surface area contributed by atoms with Crippen molar-refractivity contribution in [2.45, 2.75) is 76.9 Å². The molecule has 0 radical (unpaired) electrons. The highest BCUT2D eigenvalue weighted by molar-refractivity contribution is 5.74. The number of hydrogen-bond donors (Lipinski definition) is 3. The summed E-state index contributed by atoms with van der Waals surface area (Å²) in [5, 5.41) is 18.8. The first-order valence-corrected chi connectivity index (χ1v) is 14.0. The number of piperidine rings is 1.